The second-order valence-corrected chi connectivity index (χ2v) is 6.38. The van der Waals surface area contributed by atoms with Gasteiger partial charge >= 0.3 is 5.97 Å². The Bertz CT molecular complexity index is 524. The smallest absolute Gasteiger partial charge is 0.308 e. The van der Waals surface area contributed by atoms with Gasteiger partial charge in [0.25, 0.3) is 5.91 Å². The minimum Gasteiger partial charge on any atom is -0.481 e. The van der Waals surface area contributed by atoms with Crippen LogP contribution in [0.1, 0.15) is 74.5 Å². The Morgan fingerprint density at radius 2 is 1.95 bits per heavy atom. The minimum absolute atomic E-state index is 0.266. The lowest BCUT2D eigenvalue weighted by molar-refractivity contribution is -0.143. The Morgan fingerprint density at radius 3 is 2.55 bits per heavy atom. The Balaban J connectivity index is 2.06. The third-order valence-electron chi connectivity index (χ3n) is 4.35. The molecule has 6 heteroatoms. The van der Waals surface area contributed by atoms with E-state index in [-0.39, 0.29) is 17.9 Å². The van der Waals surface area contributed by atoms with Gasteiger partial charge in [-0.05, 0) is 24.8 Å². The van der Waals surface area contributed by atoms with E-state index in [0.29, 0.717) is 18.5 Å². The zero-order valence-corrected chi connectivity index (χ0v) is 13.3. The first-order chi connectivity index (χ1) is 10.5. The predicted octanol–water partition coefficient (Wildman–Crippen LogP) is 2.69. The molecule has 2 atom stereocenters. The van der Waals surface area contributed by atoms with Crippen LogP contribution >= 0.6 is 0 Å². The molecule has 1 heterocycles. The van der Waals surface area contributed by atoms with E-state index in [2.05, 4.69) is 15.5 Å². The summed E-state index contributed by atoms with van der Waals surface area (Å²) in [5, 5.41) is 19.2. The molecule has 1 aliphatic carbocycles. The fraction of sp³-hybridized carbons (Fsp3) is 0.688. The van der Waals surface area contributed by atoms with Crippen molar-refractivity contribution in [3.05, 3.63) is 17.5 Å². The van der Waals surface area contributed by atoms with Crippen molar-refractivity contribution in [2.45, 2.75) is 64.3 Å². The average Bonchev–Trinajstić information content (AvgIpc) is 2.91. The molecule has 2 rings (SSSR count). The van der Waals surface area contributed by atoms with Crippen molar-refractivity contribution in [3.63, 3.8) is 0 Å². The van der Waals surface area contributed by atoms with E-state index < -0.39 is 11.9 Å². The molecule has 1 aromatic heterocycles. The molecule has 0 saturated heterocycles. The van der Waals surface area contributed by atoms with Crippen molar-refractivity contribution >= 4 is 11.9 Å². The lowest BCUT2D eigenvalue weighted by atomic mass is 9.86. The topological polar surface area (TPSA) is 95.1 Å². The number of aromatic nitrogens is 2. The normalized spacial score (nSPS) is 22.9. The van der Waals surface area contributed by atoms with Crippen LogP contribution < -0.4 is 5.32 Å². The van der Waals surface area contributed by atoms with Gasteiger partial charge < -0.3 is 10.4 Å². The summed E-state index contributed by atoms with van der Waals surface area (Å²) in [6.07, 6.45) is 5.36. The molecule has 2 unspecified atom stereocenters. The Kier molecular flexibility index (Phi) is 5.57. The Morgan fingerprint density at radius 1 is 1.27 bits per heavy atom. The van der Waals surface area contributed by atoms with Crippen LogP contribution in [0.3, 0.4) is 0 Å². The molecular weight excluding hydrogens is 282 g/mol. The molecule has 0 spiro atoms. The summed E-state index contributed by atoms with van der Waals surface area (Å²) in [4.78, 5) is 23.8. The third-order valence-corrected chi connectivity index (χ3v) is 4.35. The van der Waals surface area contributed by atoms with Crippen molar-refractivity contribution in [2.75, 3.05) is 0 Å². The standard InChI is InChI=1S/C16H25N3O3/c1-10(2)13-9-14(19-18-13)15(20)17-12-8-6-4-3-5-7-11(12)16(21)22/h9-12H,3-8H2,1-2H3,(H,17,20)(H,18,19)(H,21,22). The summed E-state index contributed by atoms with van der Waals surface area (Å²) in [7, 11) is 0. The van der Waals surface area contributed by atoms with Crippen LogP contribution in [-0.4, -0.2) is 33.2 Å². The van der Waals surface area contributed by atoms with Gasteiger partial charge in [-0.2, -0.15) is 5.10 Å². The maximum absolute atomic E-state index is 12.3. The molecule has 3 N–H and O–H groups in total. The van der Waals surface area contributed by atoms with Crippen LogP contribution in [0.5, 0.6) is 0 Å². The van der Waals surface area contributed by atoms with Crippen LogP contribution in [0, 0.1) is 5.92 Å². The number of nitrogens with zero attached hydrogens (tertiary/aromatic N) is 1. The number of carboxylic acid groups (broad SMARTS) is 1. The molecule has 122 valence electrons. The fourth-order valence-electron chi connectivity index (χ4n) is 2.94. The summed E-state index contributed by atoms with van der Waals surface area (Å²) >= 11 is 0. The van der Waals surface area contributed by atoms with E-state index in [0.717, 1.165) is 31.4 Å². The molecule has 6 nitrogen and oxygen atoms in total. The average molecular weight is 307 g/mol. The number of hydrogen-bond acceptors (Lipinski definition) is 3. The third kappa shape index (κ3) is 4.08. The number of aromatic amines is 1. The molecule has 0 radical (unpaired) electrons. The van der Waals surface area contributed by atoms with Gasteiger partial charge in [0.1, 0.15) is 5.69 Å². The van der Waals surface area contributed by atoms with Gasteiger partial charge in [0.05, 0.1) is 5.92 Å². The number of amides is 1. The maximum Gasteiger partial charge on any atom is 0.308 e. The Labute approximate surface area is 130 Å². The quantitative estimate of drug-likeness (QED) is 0.797. The van der Waals surface area contributed by atoms with Crippen LogP contribution in [0.15, 0.2) is 6.07 Å². The largest absolute Gasteiger partial charge is 0.481 e. The number of carboxylic acids is 1. The van der Waals surface area contributed by atoms with Crippen molar-refractivity contribution < 1.29 is 14.7 Å². The van der Waals surface area contributed by atoms with Crippen molar-refractivity contribution in [2.24, 2.45) is 5.92 Å². The van der Waals surface area contributed by atoms with E-state index in [1.807, 2.05) is 13.8 Å². The molecule has 0 bridgehead atoms. The van der Waals surface area contributed by atoms with Crippen LogP contribution in [-0.2, 0) is 4.79 Å². The summed E-state index contributed by atoms with van der Waals surface area (Å²) in [6.45, 7) is 4.04. The number of rotatable bonds is 4. The SMILES string of the molecule is CC(C)c1cc(C(=O)NC2CCCCCCC2C(=O)O)n[nH]1. The molecule has 1 aromatic rings. The summed E-state index contributed by atoms with van der Waals surface area (Å²) in [5.74, 6) is -1.35. The summed E-state index contributed by atoms with van der Waals surface area (Å²) in [6, 6.07) is 1.42. The van der Waals surface area contributed by atoms with Gasteiger partial charge in [0, 0.05) is 11.7 Å². The van der Waals surface area contributed by atoms with E-state index in [1.54, 1.807) is 6.07 Å². The van der Waals surface area contributed by atoms with Gasteiger partial charge in [0.2, 0.25) is 0 Å². The first kappa shape index (κ1) is 16.5. The second-order valence-electron chi connectivity index (χ2n) is 6.38. The number of carbonyl (C=O) groups is 2. The zero-order chi connectivity index (χ0) is 16.1. The summed E-state index contributed by atoms with van der Waals surface area (Å²) in [5.41, 5.74) is 1.23. The summed E-state index contributed by atoms with van der Waals surface area (Å²) < 4.78 is 0. The molecule has 1 saturated carbocycles. The second kappa shape index (κ2) is 7.42. The van der Waals surface area contributed by atoms with Gasteiger partial charge in [-0.1, -0.05) is 39.5 Å². The predicted molar refractivity (Wildman–Crippen MR) is 82.8 cm³/mol. The monoisotopic (exact) mass is 307 g/mol. The first-order valence-corrected chi connectivity index (χ1v) is 8.08. The Hall–Kier alpha value is -1.85. The maximum atomic E-state index is 12.3. The molecule has 1 aliphatic rings. The minimum atomic E-state index is -0.822. The van der Waals surface area contributed by atoms with Gasteiger partial charge in [-0.15, -0.1) is 0 Å². The molecule has 1 fully saturated rings. The molecule has 0 aliphatic heterocycles. The van der Waals surface area contributed by atoms with Crippen molar-refractivity contribution in [3.8, 4) is 0 Å². The van der Waals surface area contributed by atoms with Crippen LogP contribution in [0.25, 0.3) is 0 Å². The zero-order valence-electron chi connectivity index (χ0n) is 13.3. The van der Waals surface area contributed by atoms with E-state index in [4.69, 9.17) is 0 Å². The first-order valence-electron chi connectivity index (χ1n) is 8.08. The van der Waals surface area contributed by atoms with Gasteiger partial charge in [-0.3, -0.25) is 14.7 Å². The van der Waals surface area contributed by atoms with Gasteiger partial charge in [0.15, 0.2) is 0 Å². The highest BCUT2D eigenvalue weighted by Crippen LogP contribution is 2.23. The van der Waals surface area contributed by atoms with Crippen molar-refractivity contribution in [1.29, 1.82) is 0 Å². The molecule has 0 aromatic carbocycles. The highest BCUT2D eigenvalue weighted by Gasteiger charge is 2.30. The highest BCUT2D eigenvalue weighted by molar-refractivity contribution is 5.92. The molecule has 22 heavy (non-hydrogen) atoms. The number of aliphatic carboxylic acids is 1. The lowest BCUT2D eigenvalue weighted by Crippen LogP contribution is -2.44. The lowest BCUT2D eigenvalue weighted by Gasteiger charge is -2.26. The fourth-order valence-corrected chi connectivity index (χ4v) is 2.94. The van der Waals surface area contributed by atoms with Crippen LogP contribution in [0.2, 0.25) is 0 Å². The molecular formula is C16H25N3O3. The van der Waals surface area contributed by atoms with Crippen LogP contribution in [0.4, 0.5) is 0 Å². The number of H-pyrrole nitrogens is 1. The number of hydrogen-bond donors (Lipinski definition) is 3. The highest BCUT2D eigenvalue weighted by atomic mass is 16.4. The van der Waals surface area contributed by atoms with E-state index in [9.17, 15) is 14.7 Å². The number of carbonyl (C=O) groups excluding carboxylic acids is 1. The molecule has 1 amide bonds. The van der Waals surface area contributed by atoms with E-state index in [1.165, 1.54) is 0 Å². The number of nitrogens with one attached hydrogen (secondary N) is 2. The van der Waals surface area contributed by atoms with E-state index >= 15 is 0 Å². The van der Waals surface area contributed by atoms with Crippen molar-refractivity contribution in [1.82, 2.24) is 15.5 Å². The van der Waals surface area contributed by atoms with Gasteiger partial charge in [-0.25, -0.2) is 0 Å².